The van der Waals surface area contributed by atoms with Crippen LogP contribution < -0.4 is 5.73 Å². The molecule has 0 aliphatic carbocycles. The zero-order valence-corrected chi connectivity index (χ0v) is 10.9. The predicted molar refractivity (Wildman–Crippen MR) is 70.3 cm³/mol. The summed E-state index contributed by atoms with van der Waals surface area (Å²) in [6.45, 7) is 5.77. The molecule has 1 atom stereocenters. The molecule has 0 radical (unpaired) electrons. The van der Waals surface area contributed by atoms with Crippen molar-refractivity contribution >= 4 is 0 Å². The standard InChI is InChI=1S/C14H18FN3/c1-9(16)7-12-5-4-6-13(15)14(12)18-8-17-10(2)11(18)3/h4-6,8-9H,7,16H2,1-3H3. The van der Waals surface area contributed by atoms with Crippen LogP contribution in [0.15, 0.2) is 24.5 Å². The molecule has 2 rings (SSSR count). The fourth-order valence-electron chi connectivity index (χ4n) is 2.07. The molecule has 0 amide bonds. The zero-order valence-electron chi connectivity index (χ0n) is 10.9. The van der Waals surface area contributed by atoms with E-state index in [-0.39, 0.29) is 11.9 Å². The lowest BCUT2D eigenvalue weighted by molar-refractivity contribution is 0.610. The summed E-state index contributed by atoms with van der Waals surface area (Å²) in [5.41, 5.74) is 9.15. The summed E-state index contributed by atoms with van der Waals surface area (Å²) in [5.74, 6) is -0.242. The minimum atomic E-state index is -0.242. The number of nitrogens with zero attached hydrogens (tertiary/aromatic N) is 2. The molecule has 2 aromatic rings. The van der Waals surface area contributed by atoms with Gasteiger partial charge in [-0.25, -0.2) is 9.37 Å². The summed E-state index contributed by atoms with van der Waals surface area (Å²) < 4.78 is 15.9. The van der Waals surface area contributed by atoms with Crippen molar-refractivity contribution in [3.8, 4) is 5.69 Å². The SMILES string of the molecule is Cc1ncn(-c2c(F)cccc2CC(C)N)c1C. The third-order valence-electron chi connectivity index (χ3n) is 3.10. The van der Waals surface area contributed by atoms with Crippen molar-refractivity contribution in [3.63, 3.8) is 0 Å². The third kappa shape index (κ3) is 2.29. The molecule has 2 N–H and O–H groups in total. The van der Waals surface area contributed by atoms with Gasteiger partial charge in [-0.3, -0.25) is 0 Å². The summed E-state index contributed by atoms with van der Waals surface area (Å²) in [7, 11) is 0. The zero-order chi connectivity index (χ0) is 13.3. The van der Waals surface area contributed by atoms with Gasteiger partial charge in [-0.15, -0.1) is 0 Å². The van der Waals surface area contributed by atoms with Crippen LogP contribution in [-0.2, 0) is 6.42 Å². The molecule has 0 aliphatic heterocycles. The van der Waals surface area contributed by atoms with Crippen LogP contribution in [0.25, 0.3) is 5.69 Å². The highest BCUT2D eigenvalue weighted by Crippen LogP contribution is 2.22. The number of nitrogens with two attached hydrogens (primary N) is 1. The van der Waals surface area contributed by atoms with Crippen LogP contribution in [0.5, 0.6) is 0 Å². The van der Waals surface area contributed by atoms with Crippen molar-refractivity contribution in [2.75, 3.05) is 0 Å². The molecule has 1 aromatic heterocycles. The molecular weight excluding hydrogens is 229 g/mol. The van der Waals surface area contributed by atoms with Gasteiger partial charge in [0, 0.05) is 11.7 Å². The molecule has 1 unspecified atom stereocenters. The summed E-state index contributed by atoms with van der Waals surface area (Å²) in [6.07, 6.45) is 2.30. The lowest BCUT2D eigenvalue weighted by Crippen LogP contribution is -2.19. The summed E-state index contributed by atoms with van der Waals surface area (Å²) in [6, 6.07) is 5.09. The van der Waals surface area contributed by atoms with Crippen LogP contribution in [0.1, 0.15) is 23.9 Å². The van der Waals surface area contributed by atoms with Gasteiger partial charge in [0.05, 0.1) is 17.7 Å². The van der Waals surface area contributed by atoms with Gasteiger partial charge >= 0.3 is 0 Å². The number of imidazole rings is 1. The largest absolute Gasteiger partial charge is 0.328 e. The molecular formula is C14H18FN3. The van der Waals surface area contributed by atoms with Crippen molar-refractivity contribution in [2.45, 2.75) is 33.2 Å². The second kappa shape index (κ2) is 4.90. The first-order chi connectivity index (χ1) is 8.50. The molecule has 0 saturated carbocycles. The van der Waals surface area contributed by atoms with E-state index in [1.165, 1.54) is 6.07 Å². The number of hydrogen-bond donors (Lipinski definition) is 1. The predicted octanol–water partition coefficient (Wildman–Crippen LogP) is 2.52. The highest BCUT2D eigenvalue weighted by molar-refractivity contribution is 5.44. The van der Waals surface area contributed by atoms with Gasteiger partial charge in [-0.1, -0.05) is 12.1 Å². The maximum Gasteiger partial charge on any atom is 0.147 e. The van der Waals surface area contributed by atoms with Crippen molar-refractivity contribution in [1.29, 1.82) is 0 Å². The Bertz CT molecular complexity index is 558. The number of aromatic nitrogens is 2. The Hall–Kier alpha value is -1.68. The number of para-hydroxylation sites is 1. The number of rotatable bonds is 3. The number of benzene rings is 1. The van der Waals surface area contributed by atoms with E-state index in [0.717, 1.165) is 17.0 Å². The molecule has 0 fully saturated rings. The molecule has 0 bridgehead atoms. The van der Waals surface area contributed by atoms with E-state index in [1.807, 2.05) is 26.8 Å². The van der Waals surface area contributed by atoms with E-state index in [2.05, 4.69) is 4.98 Å². The number of aryl methyl sites for hydroxylation is 1. The fourth-order valence-corrected chi connectivity index (χ4v) is 2.07. The Kier molecular flexibility index (Phi) is 3.48. The van der Waals surface area contributed by atoms with Gasteiger partial charge in [-0.2, -0.15) is 0 Å². The molecule has 3 nitrogen and oxygen atoms in total. The Morgan fingerprint density at radius 1 is 1.39 bits per heavy atom. The van der Waals surface area contributed by atoms with Gasteiger partial charge in [-0.05, 0) is 38.8 Å². The first-order valence-corrected chi connectivity index (χ1v) is 6.04. The highest BCUT2D eigenvalue weighted by atomic mass is 19.1. The average Bonchev–Trinajstić information content (AvgIpc) is 2.60. The maximum atomic E-state index is 14.1. The van der Waals surface area contributed by atoms with E-state index in [0.29, 0.717) is 12.1 Å². The summed E-state index contributed by atoms with van der Waals surface area (Å²) in [4.78, 5) is 4.22. The molecule has 0 spiro atoms. The molecule has 0 aliphatic rings. The van der Waals surface area contributed by atoms with E-state index in [9.17, 15) is 4.39 Å². The Labute approximate surface area is 106 Å². The highest BCUT2D eigenvalue weighted by Gasteiger charge is 2.14. The lowest BCUT2D eigenvalue weighted by atomic mass is 10.0. The van der Waals surface area contributed by atoms with Crippen LogP contribution in [-0.4, -0.2) is 15.6 Å². The van der Waals surface area contributed by atoms with E-state index < -0.39 is 0 Å². The first-order valence-electron chi connectivity index (χ1n) is 6.04. The van der Waals surface area contributed by atoms with Crippen molar-refractivity contribution in [2.24, 2.45) is 5.73 Å². The minimum absolute atomic E-state index is 0.00419. The second-order valence-electron chi connectivity index (χ2n) is 4.71. The van der Waals surface area contributed by atoms with Crippen LogP contribution in [0.3, 0.4) is 0 Å². The molecule has 0 saturated heterocycles. The van der Waals surface area contributed by atoms with Gasteiger partial charge in [0.1, 0.15) is 5.82 Å². The summed E-state index contributed by atoms with van der Waals surface area (Å²) >= 11 is 0. The molecule has 1 heterocycles. The Morgan fingerprint density at radius 2 is 2.11 bits per heavy atom. The maximum absolute atomic E-state index is 14.1. The Morgan fingerprint density at radius 3 is 2.67 bits per heavy atom. The first kappa shape index (κ1) is 12.8. The molecule has 96 valence electrons. The number of halogens is 1. The molecule has 1 aromatic carbocycles. The van der Waals surface area contributed by atoms with Crippen LogP contribution >= 0.6 is 0 Å². The molecule has 18 heavy (non-hydrogen) atoms. The van der Waals surface area contributed by atoms with Crippen molar-refractivity contribution < 1.29 is 4.39 Å². The smallest absolute Gasteiger partial charge is 0.147 e. The number of hydrogen-bond acceptors (Lipinski definition) is 2. The van der Waals surface area contributed by atoms with Crippen molar-refractivity contribution in [3.05, 3.63) is 47.3 Å². The topological polar surface area (TPSA) is 43.8 Å². The van der Waals surface area contributed by atoms with E-state index in [4.69, 9.17) is 5.73 Å². The normalized spacial score (nSPS) is 12.7. The Balaban J connectivity index is 2.58. The van der Waals surface area contributed by atoms with Gasteiger partial charge < -0.3 is 10.3 Å². The second-order valence-corrected chi connectivity index (χ2v) is 4.71. The quantitative estimate of drug-likeness (QED) is 0.905. The summed E-state index contributed by atoms with van der Waals surface area (Å²) in [5, 5.41) is 0. The molecule has 4 heteroatoms. The van der Waals surface area contributed by atoms with Crippen LogP contribution in [0.4, 0.5) is 4.39 Å². The van der Waals surface area contributed by atoms with Crippen molar-refractivity contribution in [1.82, 2.24) is 9.55 Å². The minimum Gasteiger partial charge on any atom is -0.328 e. The van der Waals surface area contributed by atoms with Crippen LogP contribution in [0.2, 0.25) is 0 Å². The lowest BCUT2D eigenvalue weighted by Gasteiger charge is -2.14. The fraction of sp³-hybridized carbons (Fsp3) is 0.357. The van der Waals surface area contributed by atoms with Gasteiger partial charge in [0.2, 0.25) is 0 Å². The monoisotopic (exact) mass is 247 g/mol. The van der Waals surface area contributed by atoms with Gasteiger partial charge in [0.15, 0.2) is 0 Å². The van der Waals surface area contributed by atoms with Crippen LogP contribution in [0, 0.1) is 19.7 Å². The van der Waals surface area contributed by atoms with E-state index in [1.54, 1.807) is 17.0 Å². The van der Waals surface area contributed by atoms with E-state index >= 15 is 0 Å². The average molecular weight is 247 g/mol. The third-order valence-corrected chi connectivity index (χ3v) is 3.10. The van der Waals surface area contributed by atoms with Gasteiger partial charge in [0.25, 0.3) is 0 Å².